The van der Waals surface area contributed by atoms with E-state index in [9.17, 15) is 9.59 Å². The molecule has 0 aliphatic carbocycles. The summed E-state index contributed by atoms with van der Waals surface area (Å²) in [5.41, 5.74) is 5.44. The fraction of sp³-hybridized carbons (Fsp3) is 0.842. The van der Waals surface area contributed by atoms with Crippen molar-refractivity contribution in [1.82, 2.24) is 20.0 Å². The maximum atomic E-state index is 12.3. The molecular weight excluding hydrogens is 344 g/mol. The summed E-state index contributed by atoms with van der Waals surface area (Å²) in [4.78, 5) is 34.3. The molecule has 0 saturated carbocycles. The molecular formula is C19H38N6O2. The fourth-order valence-corrected chi connectivity index (χ4v) is 3.39. The van der Waals surface area contributed by atoms with Gasteiger partial charge in [0.1, 0.15) is 0 Å². The number of hydrogen-bond donors (Lipinski definition) is 2. The van der Waals surface area contributed by atoms with E-state index in [4.69, 9.17) is 5.73 Å². The summed E-state index contributed by atoms with van der Waals surface area (Å²) >= 11 is 0. The van der Waals surface area contributed by atoms with E-state index in [2.05, 4.69) is 15.2 Å². The minimum absolute atomic E-state index is 0.0169. The number of carbonyl (C=O) groups excluding carboxylic acids is 2. The van der Waals surface area contributed by atoms with Gasteiger partial charge in [-0.15, -0.1) is 0 Å². The zero-order valence-electron chi connectivity index (χ0n) is 17.5. The Bertz CT molecular complexity index is 493. The van der Waals surface area contributed by atoms with E-state index in [0.717, 1.165) is 64.5 Å². The average Bonchev–Trinajstić information content (AvgIpc) is 2.65. The van der Waals surface area contributed by atoms with Gasteiger partial charge in [0.15, 0.2) is 5.96 Å². The van der Waals surface area contributed by atoms with Crippen LogP contribution in [0.25, 0.3) is 0 Å². The third kappa shape index (κ3) is 8.15. The quantitative estimate of drug-likeness (QED) is 0.323. The Kier molecular flexibility index (Phi) is 10.8. The lowest BCUT2D eigenvalue weighted by atomic mass is 9.97. The number of amides is 2. The molecule has 8 heteroatoms. The maximum absolute atomic E-state index is 12.3. The van der Waals surface area contributed by atoms with Crippen molar-refractivity contribution in [1.29, 1.82) is 0 Å². The summed E-state index contributed by atoms with van der Waals surface area (Å²) < 4.78 is 0. The van der Waals surface area contributed by atoms with Crippen LogP contribution in [0.5, 0.6) is 0 Å². The van der Waals surface area contributed by atoms with E-state index in [1.54, 1.807) is 0 Å². The number of carbonyl (C=O) groups is 2. The van der Waals surface area contributed by atoms with Gasteiger partial charge in [-0.3, -0.25) is 14.6 Å². The number of nitrogens with one attached hydrogen (secondary N) is 1. The second-order valence-corrected chi connectivity index (χ2v) is 7.05. The maximum Gasteiger partial charge on any atom is 0.242 e. The summed E-state index contributed by atoms with van der Waals surface area (Å²) in [7, 11) is 1.89. The Morgan fingerprint density at radius 3 is 2.56 bits per heavy atom. The van der Waals surface area contributed by atoms with Crippen LogP contribution in [0.3, 0.4) is 0 Å². The topological polar surface area (TPSA) is 94.3 Å². The first-order valence-corrected chi connectivity index (χ1v) is 10.2. The molecule has 1 atom stereocenters. The SMILES string of the molecule is CCNC(=NCCCN1CCCC(C(N)=O)C1)N(C)CC(=O)N(CC)CC. The van der Waals surface area contributed by atoms with E-state index in [1.807, 2.05) is 37.6 Å². The summed E-state index contributed by atoms with van der Waals surface area (Å²) in [6, 6.07) is 0. The third-order valence-corrected chi connectivity index (χ3v) is 4.99. The molecule has 0 aromatic rings. The molecule has 1 aliphatic rings. The van der Waals surface area contributed by atoms with Crippen LogP contribution in [-0.4, -0.2) is 91.9 Å². The Morgan fingerprint density at radius 1 is 1.26 bits per heavy atom. The highest BCUT2D eigenvalue weighted by atomic mass is 16.2. The first-order valence-electron chi connectivity index (χ1n) is 10.2. The molecule has 0 bridgehead atoms. The van der Waals surface area contributed by atoms with Crippen molar-refractivity contribution in [3.8, 4) is 0 Å². The molecule has 0 aromatic heterocycles. The van der Waals surface area contributed by atoms with Crippen LogP contribution < -0.4 is 11.1 Å². The van der Waals surface area contributed by atoms with Gasteiger partial charge < -0.3 is 25.8 Å². The van der Waals surface area contributed by atoms with Crippen LogP contribution in [0, 0.1) is 5.92 Å². The summed E-state index contributed by atoms with van der Waals surface area (Å²) in [6.45, 7) is 11.9. The zero-order valence-corrected chi connectivity index (χ0v) is 17.5. The molecule has 0 aromatic carbocycles. The molecule has 2 amide bonds. The number of piperidine rings is 1. The first-order chi connectivity index (χ1) is 12.9. The van der Waals surface area contributed by atoms with Crippen molar-refractivity contribution in [2.75, 3.05) is 59.4 Å². The molecule has 1 aliphatic heterocycles. The van der Waals surface area contributed by atoms with E-state index < -0.39 is 0 Å². The van der Waals surface area contributed by atoms with Gasteiger partial charge in [-0.2, -0.15) is 0 Å². The number of nitrogens with zero attached hydrogens (tertiary/aromatic N) is 4. The van der Waals surface area contributed by atoms with Gasteiger partial charge in [-0.25, -0.2) is 0 Å². The van der Waals surface area contributed by atoms with Crippen molar-refractivity contribution >= 4 is 17.8 Å². The molecule has 8 nitrogen and oxygen atoms in total. The van der Waals surface area contributed by atoms with Gasteiger partial charge in [0.25, 0.3) is 0 Å². The lowest BCUT2D eigenvalue weighted by Crippen LogP contribution is -2.45. The van der Waals surface area contributed by atoms with E-state index in [0.29, 0.717) is 13.1 Å². The normalized spacial score (nSPS) is 18.2. The Balaban J connectivity index is 2.48. The molecule has 3 N–H and O–H groups in total. The lowest BCUT2D eigenvalue weighted by Gasteiger charge is -2.31. The number of likely N-dealkylation sites (tertiary alicyclic amines) is 1. The van der Waals surface area contributed by atoms with Crippen LogP contribution >= 0.6 is 0 Å². The Morgan fingerprint density at radius 2 is 1.96 bits per heavy atom. The number of rotatable bonds is 10. The van der Waals surface area contributed by atoms with Gasteiger partial charge >= 0.3 is 0 Å². The Labute approximate surface area is 164 Å². The highest BCUT2D eigenvalue weighted by Gasteiger charge is 2.23. The second kappa shape index (κ2) is 12.5. The monoisotopic (exact) mass is 382 g/mol. The van der Waals surface area contributed by atoms with Crippen molar-refractivity contribution < 1.29 is 9.59 Å². The highest BCUT2D eigenvalue weighted by molar-refractivity contribution is 5.86. The van der Waals surface area contributed by atoms with Crippen molar-refractivity contribution in [2.24, 2.45) is 16.6 Å². The largest absolute Gasteiger partial charge is 0.369 e. The number of nitrogens with two attached hydrogens (primary N) is 1. The van der Waals surface area contributed by atoms with E-state index in [-0.39, 0.29) is 17.7 Å². The minimum atomic E-state index is -0.188. The molecule has 1 fully saturated rings. The first kappa shape index (κ1) is 23.2. The third-order valence-electron chi connectivity index (χ3n) is 4.99. The molecule has 27 heavy (non-hydrogen) atoms. The number of aliphatic imine (C=N–C) groups is 1. The smallest absolute Gasteiger partial charge is 0.242 e. The molecule has 156 valence electrons. The van der Waals surface area contributed by atoms with Gasteiger partial charge in [0, 0.05) is 39.8 Å². The number of guanidine groups is 1. The predicted molar refractivity (Wildman–Crippen MR) is 110 cm³/mol. The van der Waals surface area contributed by atoms with Crippen molar-refractivity contribution in [2.45, 2.75) is 40.0 Å². The van der Waals surface area contributed by atoms with Crippen LogP contribution in [0.4, 0.5) is 0 Å². The van der Waals surface area contributed by atoms with Gasteiger partial charge in [-0.1, -0.05) is 0 Å². The number of hydrogen-bond acceptors (Lipinski definition) is 4. The lowest BCUT2D eigenvalue weighted by molar-refractivity contribution is -0.131. The second-order valence-electron chi connectivity index (χ2n) is 7.05. The fourth-order valence-electron chi connectivity index (χ4n) is 3.39. The standard InChI is InChI=1S/C19H38N6O2/c1-5-21-19(23(4)15-17(26)25(6-2)7-3)22-11-9-13-24-12-8-10-16(14-24)18(20)27/h16H,5-15H2,1-4H3,(H2,20,27)(H,21,22). The summed E-state index contributed by atoms with van der Waals surface area (Å²) in [6.07, 6.45) is 2.84. The average molecular weight is 383 g/mol. The molecule has 1 rings (SSSR count). The van der Waals surface area contributed by atoms with Crippen LogP contribution in [0.1, 0.15) is 40.0 Å². The van der Waals surface area contributed by atoms with Crippen LogP contribution in [-0.2, 0) is 9.59 Å². The molecule has 1 unspecified atom stereocenters. The van der Waals surface area contributed by atoms with Crippen molar-refractivity contribution in [3.63, 3.8) is 0 Å². The van der Waals surface area contributed by atoms with E-state index in [1.165, 1.54) is 0 Å². The minimum Gasteiger partial charge on any atom is -0.369 e. The number of primary amides is 1. The zero-order chi connectivity index (χ0) is 20.2. The Hall–Kier alpha value is -1.83. The van der Waals surface area contributed by atoms with Gasteiger partial charge in [-0.05, 0) is 53.1 Å². The summed E-state index contributed by atoms with van der Waals surface area (Å²) in [5.74, 6) is 0.661. The van der Waals surface area contributed by atoms with Crippen LogP contribution in [0.15, 0.2) is 4.99 Å². The molecule has 0 radical (unpaired) electrons. The van der Waals surface area contributed by atoms with E-state index >= 15 is 0 Å². The molecule has 0 spiro atoms. The predicted octanol–water partition coefficient (Wildman–Crippen LogP) is 0.340. The highest BCUT2D eigenvalue weighted by Crippen LogP contribution is 2.15. The van der Waals surface area contributed by atoms with Gasteiger partial charge in [0.2, 0.25) is 11.8 Å². The molecule has 1 heterocycles. The van der Waals surface area contributed by atoms with Gasteiger partial charge in [0.05, 0.1) is 12.5 Å². The van der Waals surface area contributed by atoms with Crippen molar-refractivity contribution in [3.05, 3.63) is 0 Å². The van der Waals surface area contributed by atoms with Crippen LogP contribution in [0.2, 0.25) is 0 Å². The number of likely N-dealkylation sites (N-methyl/N-ethyl adjacent to an activating group) is 2. The molecule has 1 saturated heterocycles. The summed E-state index contributed by atoms with van der Waals surface area (Å²) in [5, 5.41) is 3.25.